The minimum Gasteiger partial charge on any atom is -1.00 e. The van der Waals surface area contributed by atoms with Crippen LogP contribution < -0.4 is 28.1 Å². The molecule has 0 bridgehead atoms. The molecule has 29 heavy (non-hydrogen) atoms. The van der Waals surface area contributed by atoms with E-state index < -0.39 is 0 Å². The summed E-state index contributed by atoms with van der Waals surface area (Å²) in [6, 6.07) is 9.69. The van der Waals surface area contributed by atoms with Crippen molar-refractivity contribution in [3.05, 3.63) is 70.3 Å². The first-order chi connectivity index (χ1) is 12.6. The van der Waals surface area contributed by atoms with Crippen LogP contribution in [0.2, 0.25) is 0 Å². The van der Waals surface area contributed by atoms with Crippen LogP contribution in [0.5, 0.6) is 0 Å². The Morgan fingerprint density at radius 3 is 2.10 bits per heavy atom. The van der Waals surface area contributed by atoms with Gasteiger partial charge in [-0.1, -0.05) is 0 Å². The second kappa shape index (κ2) is 8.49. The molecule has 2 aromatic carbocycles. The van der Waals surface area contributed by atoms with E-state index in [0.717, 1.165) is 12.8 Å². The van der Waals surface area contributed by atoms with E-state index in [9.17, 15) is 0 Å². The zero-order chi connectivity index (χ0) is 19.6. The Morgan fingerprint density at radius 2 is 1.55 bits per heavy atom. The third-order valence-electron chi connectivity index (χ3n) is 5.97. The summed E-state index contributed by atoms with van der Waals surface area (Å²) in [5.41, 5.74) is 12.3. The number of halogens is 2. The van der Waals surface area contributed by atoms with Gasteiger partial charge in [0.05, 0.1) is 0 Å². The van der Waals surface area contributed by atoms with Crippen molar-refractivity contribution in [2.45, 2.75) is 65.2 Å². The standard InChI is InChI=1S/C26H29.2ClH.Zr/c1-25(2,3)20-12-11-18-13-19-14-23(17-9-7-8-10-17)24(26(4,5)6)16-22(19)21(18)15-20;;;/h7-9,11-12,15-16H,10,13H2,1-6H3;2*1H;/q;;;+2/p-2. The van der Waals surface area contributed by atoms with Crippen molar-refractivity contribution in [2.24, 2.45) is 0 Å². The van der Waals surface area contributed by atoms with Crippen molar-refractivity contribution < 1.29 is 49.5 Å². The van der Waals surface area contributed by atoms with Crippen molar-refractivity contribution in [1.29, 1.82) is 0 Å². The van der Waals surface area contributed by atoms with Crippen LogP contribution in [0.25, 0.3) is 16.7 Å². The third-order valence-corrected chi connectivity index (χ3v) is 7.32. The first kappa shape index (κ1) is 24.7. The van der Waals surface area contributed by atoms with Gasteiger partial charge in [-0.3, -0.25) is 0 Å². The Hall–Kier alpha value is -0.617. The number of fused-ring (bicyclic) bond motifs is 3. The predicted octanol–water partition coefficient (Wildman–Crippen LogP) is 0.376. The predicted molar refractivity (Wildman–Crippen MR) is 113 cm³/mol. The Bertz CT molecular complexity index is 999. The van der Waals surface area contributed by atoms with E-state index in [0.29, 0.717) is 0 Å². The summed E-state index contributed by atoms with van der Waals surface area (Å²) in [5.74, 6) is 0. The van der Waals surface area contributed by atoms with Gasteiger partial charge in [0, 0.05) is 0 Å². The molecule has 0 fully saturated rings. The summed E-state index contributed by atoms with van der Waals surface area (Å²) in [5, 5.41) is 0. The summed E-state index contributed by atoms with van der Waals surface area (Å²) in [4.78, 5) is 0. The average Bonchev–Trinajstić information content (AvgIpc) is 3.20. The summed E-state index contributed by atoms with van der Waals surface area (Å²) in [6.45, 7) is 14.0. The van der Waals surface area contributed by atoms with Crippen molar-refractivity contribution in [1.82, 2.24) is 0 Å². The molecule has 0 saturated carbocycles. The van der Waals surface area contributed by atoms with Gasteiger partial charge in [-0.15, -0.1) is 0 Å². The van der Waals surface area contributed by atoms with Crippen molar-refractivity contribution >= 4 is 8.84 Å². The van der Waals surface area contributed by atoms with Crippen LogP contribution in [-0.4, -0.2) is 0 Å². The molecule has 0 amide bonds. The number of hydrogen-bond acceptors (Lipinski definition) is 0. The van der Waals surface area contributed by atoms with E-state index in [2.05, 4.69) is 84.0 Å². The van der Waals surface area contributed by atoms with E-state index in [-0.39, 0.29) is 35.6 Å². The normalized spacial score (nSPS) is 14.7. The molecule has 0 radical (unpaired) electrons. The molecule has 4 rings (SSSR count). The van der Waals surface area contributed by atoms with Crippen LogP contribution in [0, 0.1) is 0 Å². The first-order valence-corrected chi connectivity index (χ1v) is 11.2. The molecule has 0 heterocycles. The maximum absolute atomic E-state index is 2.52. The number of allylic oxidation sites excluding steroid dienone is 4. The minimum atomic E-state index is 0. The summed E-state index contributed by atoms with van der Waals surface area (Å²) >= 11 is 1.54. The zero-order valence-electron chi connectivity index (χ0n) is 18.2. The maximum atomic E-state index is 2.52. The van der Waals surface area contributed by atoms with Gasteiger partial charge in [0.25, 0.3) is 0 Å². The molecule has 0 aromatic heterocycles. The molecule has 0 atom stereocenters. The summed E-state index contributed by atoms with van der Waals surface area (Å²) in [6.07, 6.45) is 8.99. The molecule has 151 valence electrons. The van der Waals surface area contributed by atoms with E-state index in [1.54, 1.807) is 8.83 Å². The Kier molecular flexibility index (Phi) is 7.22. The van der Waals surface area contributed by atoms with Gasteiger partial charge in [-0.05, 0) is 0 Å². The van der Waals surface area contributed by atoms with Crippen LogP contribution in [0.15, 0.2) is 42.5 Å². The molecule has 2 aliphatic carbocycles. The average molecular weight is 504 g/mol. The number of rotatable bonds is 1. The molecule has 2 aromatic rings. The van der Waals surface area contributed by atoms with Crippen LogP contribution in [0.1, 0.15) is 75.8 Å². The molecule has 2 aliphatic rings. The largest absolute Gasteiger partial charge is 1.00 e. The van der Waals surface area contributed by atoms with Gasteiger partial charge in [-0.2, -0.15) is 0 Å². The van der Waals surface area contributed by atoms with Gasteiger partial charge in [-0.25, -0.2) is 0 Å². The Balaban J connectivity index is 0.00000150. The van der Waals surface area contributed by atoms with E-state index in [1.807, 2.05) is 0 Å². The first-order valence-electron chi connectivity index (χ1n) is 9.99. The summed E-state index contributed by atoms with van der Waals surface area (Å²) < 4.78 is 1.58. The fraction of sp³-hybridized carbons (Fsp3) is 0.385. The molecular weight excluding hydrogens is 474 g/mol. The van der Waals surface area contributed by atoms with Crippen LogP contribution >= 0.6 is 0 Å². The Morgan fingerprint density at radius 1 is 0.862 bits per heavy atom. The van der Waals surface area contributed by atoms with E-state index in [1.165, 1.54) is 63.7 Å². The molecule has 0 nitrogen and oxygen atoms in total. The topological polar surface area (TPSA) is 0 Å². The minimum absolute atomic E-state index is 0. The van der Waals surface area contributed by atoms with Crippen molar-refractivity contribution in [3.63, 3.8) is 0 Å². The molecular formula is C26H29Cl2Zr. The fourth-order valence-corrected chi connectivity index (χ4v) is 5.62. The molecule has 0 unspecified atom stereocenters. The maximum Gasteiger partial charge on any atom is -1.00 e. The monoisotopic (exact) mass is 501 g/mol. The molecule has 0 aliphatic heterocycles. The van der Waals surface area contributed by atoms with Gasteiger partial charge in [0.15, 0.2) is 0 Å². The second-order valence-corrected chi connectivity index (χ2v) is 11.3. The molecule has 0 N–H and O–H groups in total. The van der Waals surface area contributed by atoms with Gasteiger partial charge in [0.2, 0.25) is 0 Å². The van der Waals surface area contributed by atoms with Gasteiger partial charge >= 0.3 is 180 Å². The molecule has 3 heteroatoms. The fourth-order valence-electron chi connectivity index (χ4n) is 4.34. The van der Waals surface area contributed by atoms with Crippen LogP contribution in [0.4, 0.5) is 0 Å². The van der Waals surface area contributed by atoms with Crippen molar-refractivity contribution in [2.75, 3.05) is 0 Å². The number of benzene rings is 2. The zero-order valence-corrected chi connectivity index (χ0v) is 22.2. The van der Waals surface area contributed by atoms with Gasteiger partial charge < -0.3 is 24.8 Å². The quantitative estimate of drug-likeness (QED) is 0.451. The van der Waals surface area contributed by atoms with Crippen molar-refractivity contribution in [3.8, 4) is 11.1 Å². The van der Waals surface area contributed by atoms with Gasteiger partial charge in [0.1, 0.15) is 0 Å². The summed E-state index contributed by atoms with van der Waals surface area (Å²) in [7, 11) is 0. The SMILES string of the molecule is CC(C)(C)c1ccc2c(c1)-c1cc(C(C)(C)C)c(C3=CC=CC3)[c]([Zr+2])c1C2.[Cl-].[Cl-]. The van der Waals surface area contributed by atoms with E-state index >= 15 is 0 Å². The molecule has 0 spiro atoms. The number of hydrogen-bond donors (Lipinski definition) is 0. The second-order valence-electron chi connectivity index (χ2n) is 10.1. The molecule has 0 saturated heterocycles. The Labute approximate surface area is 203 Å². The smallest absolute Gasteiger partial charge is 1.00 e. The van der Waals surface area contributed by atoms with E-state index in [4.69, 9.17) is 0 Å². The van der Waals surface area contributed by atoms with Crippen LogP contribution in [-0.2, 0) is 42.0 Å². The van der Waals surface area contributed by atoms with Crippen LogP contribution in [0.3, 0.4) is 0 Å². The third kappa shape index (κ3) is 4.39.